The van der Waals surface area contributed by atoms with Gasteiger partial charge in [0.2, 0.25) is 0 Å². The number of benzene rings is 1. The Morgan fingerprint density at radius 1 is 1.30 bits per heavy atom. The molecule has 0 radical (unpaired) electrons. The van der Waals surface area contributed by atoms with Crippen LogP contribution in [0, 0.1) is 0 Å². The summed E-state index contributed by atoms with van der Waals surface area (Å²) in [6, 6.07) is 8.23. The lowest BCUT2D eigenvalue weighted by Crippen LogP contribution is -2.28. The van der Waals surface area contributed by atoms with Crippen LogP contribution in [0.4, 0.5) is 5.69 Å². The van der Waals surface area contributed by atoms with Crippen molar-refractivity contribution in [3.8, 4) is 0 Å². The van der Waals surface area contributed by atoms with Gasteiger partial charge in [-0.3, -0.25) is 4.98 Å². The van der Waals surface area contributed by atoms with E-state index in [9.17, 15) is 0 Å². The fourth-order valence-electron chi connectivity index (χ4n) is 2.79. The van der Waals surface area contributed by atoms with E-state index in [-0.39, 0.29) is 6.61 Å². The number of aliphatic hydroxyl groups is 1. The monoisotopic (exact) mass is 335 g/mol. The molecule has 1 heterocycles. The highest BCUT2D eigenvalue weighted by molar-refractivity contribution is 6.35. The molecule has 1 unspecified atom stereocenters. The average molecular weight is 336 g/mol. The van der Waals surface area contributed by atoms with Gasteiger partial charge in [0.05, 0.1) is 17.1 Å². The summed E-state index contributed by atoms with van der Waals surface area (Å²) < 4.78 is 0. The second kappa shape index (κ2) is 9.06. The van der Waals surface area contributed by atoms with Gasteiger partial charge in [-0.25, -0.2) is 0 Å². The van der Waals surface area contributed by atoms with E-state index in [2.05, 4.69) is 29.0 Å². The van der Waals surface area contributed by atoms with E-state index in [1.54, 1.807) is 6.20 Å². The quantitative estimate of drug-likeness (QED) is 0.732. The van der Waals surface area contributed by atoms with Crippen LogP contribution >= 0.6 is 11.6 Å². The third kappa shape index (κ3) is 5.06. The molecule has 2 rings (SSSR count). The number of rotatable bonds is 9. The maximum absolute atomic E-state index is 9.02. The molecule has 1 aromatic heterocycles. The van der Waals surface area contributed by atoms with Crippen molar-refractivity contribution in [3.05, 3.63) is 35.5 Å². The van der Waals surface area contributed by atoms with E-state index in [1.165, 1.54) is 0 Å². The maximum atomic E-state index is 9.02. The molecule has 0 saturated heterocycles. The molecule has 1 aromatic carbocycles. The Kier molecular flexibility index (Phi) is 7.09. The second-order valence-electron chi connectivity index (χ2n) is 5.84. The lowest BCUT2D eigenvalue weighted by Gasteiger charge is -2.21. The van der Waals surface area contributed by atoms with E-state index in [1.807, 2.05) is 24.3 Å². The summed E-state index contributed by atoms with van der Waals surface area (Å²) in [6.07, 6.45) is 3.97. The molecule has 0 aliphatic carbocycles. The third-order valence-corrected chi connectivity index (χ3v) is 4.40. The fourth-order valence-corrected chi connectivity index (χ4v) is 3.02. The summed E-state index contributed by atoms with van der Waals surface area (Å²) in [5, 5.41) is 14.3. The lowest BCUT2D eigenvalue weighted by molar-refractivity contribution is 0.199. The van der Waals surface area contributed by atoms with Crippen LogP contribution in [0.5, 0.6) is 0 Å². The average Bonchev–Trinajstić information content (AvgIpc) is 2.55. The smallest absolute Gasteiger partial charge is 0.0908 e. The standard InChI is InChI=1S/C18H26ClN3O/c1-3-22(12-13-23)11-5-6-14(2)21-17-9-10-20-18-15(17)7-4-8-16(18)19/h4,7-10,14,23H,3,5-6,11-13H2,1-2H3,(H,20,21). The van der Waals surface area contributed by atoms with Gasteiger partial charge in [-0.15, -0.1) is 0 Å². The van der Waals surface area contributed by atoms with Gasteiger partial charge in [0.1, 0.15) is 0 Å². The number of aromatic nitrogens is 1. The van der Waals surface area contributed by atoms with Crippen molar-refractivity contribution in [1.29, 1.82) is 0 Å². The summed E-state index contributed by atoms with van der Waals surface area (Å²) in [5.74, 6) is 0. The van der Waals surface area contributed by atoms with Crippen LogP contribution in [0.3, 0.4) is 0 Å². The van der Waals surface area contributed by atoms with Crippen molar-refractivity contribution in [1.82, 2.24) is 9.88 Å². The Bertz CT molecular complexity index is 620. The second-order valence-corrected chi connectivity index (χ2v) is 6.25. The van der Waals surface area contributed by atoms with Gasteiger partial charge in [0.15, 0.2) is 0 Å². The summed E-state index contributed by atoms with van der Waals surface area (Å²) in [6.45, 7) is 7.31. The van der Waals surface area contributed by atoms with Crippen LogP contribution in [0.1, 0.15) is 26.7 Å². The molecule has 5 heteroatoms. The number of para-hydroxylation sites is 1. The number of pyridine rings is 1. The van der Waals surface area contributed by atoms with Gasteiger partial charge in [0.25, 0.3) is 0 Å². The van der Waals surface area contributed by atoms with Crippen LogP contribution in [0.15, 0.2) is 30.5 Å². The van der Waals surface area contributed by atoms with Crippen molar-refractivity contribution in [3.63, 3.8) is 0 Å². The van der Waals surface area contributed by atoms with Gasteiger partial charge in [-0.1, -0.05) is 30.7 Å². The first kappa shape index (κ1) is 18.0. The van der Waals surface area contributed by atoms with Crippen LogP contribution in [0.25, 0.3) is 10.9 Å². The predicted octanol–water partition coefficient (Wildman–Crippen LogP) is 3.78. The number of halogens is 1. The van der Waals surface area contributed by atoms with Crippen LogP contribution in [0.2, 0.25) is 5.02 Å². The number of aliphatic hydroxyl groups excluding tert-OH is 1. The van der Waals surface area contributed by atoms with E-state index in [0.29, 0.717) is 11.1 Å². The first-order valence-corrected chi connectivity index (χ1v) is 8.66. The molecule has 0 amide bonds. The Morgan fingerprint density at radius 3 is 2.87 bits per heavy atom. The van der Waals surface area contributed by atoms with Gasteiger partial charge in [0, 0.05) is 29.9 Å². The van der Waals surface area contributed by atoms with Gasteiger partial charge in [-0.2, -0.15) is 0 Å². The van der Waals surface area contributed by atoms with Crippen molar-refractivity contribution in [2.45, 2.75) is 32.7 Å². The Hall–Kier alpha value is -1.36. The molecule has 0 aliphatic rings. The van der Waals surface area contributed by atoms with Crippen LogP contribution in [-0.4, -0.2) is 47.3 Å². The number of nitrogens with zero attached hydrogens (tertiary/aromatic N) is 2. The third-order valence-electron chi connectivity index (χ3n) is 4.10. The zero-order valence-corrected chi connectivity index (χ0v) is 14.7. The lowest BCUT2D eigenvalue weighted by atomic mass is 10.1. The molecule has 0 aliphatic heterocycles. The highest BCUT2D eigenvalue weighted by Crippen LogP contribution is 2.27. The zero-order valence-electron chi connectivity index (χ0n) is 13.9. The summed E-state index contributed by atoms with van der Waals surface area (Å²) in [4.78, 5) is 6.64. The molecule has 0 saturated carbocycles. The number of fused-ring (bicyclic) bond motifs is 1. The van der Waals surface area contributed by atoms with E-state index in [4.69, 9.17) is 16.7 Å². The van der Waals surface area contributed by atoms with Crippen molar-refractivity contribution in [2.75, 3.05) is 31.6 Å². The van der Waals surface area contributed by atoms with Gasteiger partial charge >= 0.3 is 0 Å². The van der Waals surface area contributed by atoms with Crippen molar-refractivity contribution < 1.29 is 5.11 Å². The minimum Gasteiger partial charge on any atom is -0.395 e. The highest BCUT2D eigenvalue weighted by Gasteiger charge is 2.09. The van der Waals surface area contributed by atoms with E-state index < -0.39 is 0 Å². The SMILES string of the molecule is CCN(CCO)CCCC(C)Nc1ccnc2c(Cl)cccc12. The molecule has 0 bridgehead atoms. The zero-order chi connectivity index (χ0) is 16.7. The Morgan fingerprint density at radius 2 is 2.13 bits per heavy atom. The number of likely N-dealkylation sites (N-methyl/N-ethyl adjacent to an activating group) is 1. The van der Waals surface area contributed by atoms with E-state index in [0.717, 1.165) is 49.1 Å². The number of nitrogens with one attached hydrogen (secondary N) is 1. The molecule has 126 valence electrons. The number of hydrogen-bond donors (Lipinski definition) is 2. The molecule has 2 N–H and O–H groups in total. The summed E-state index contributed by atoms with van der Waals surface area (Å²) >= 11 is 6.21. The van der Waals surface area contributed by atoms with Crippen LogP contribution < -0.4 is 5.32 Å². The molecular formula is C18H26ClN3O. The topological polar surface area (TPSA) is 48.4 Å². The minimum atomic E-state index is 0.228. The molecular weight excluding hydrogens is 310 g/mol. The fraction of sp³-hybridized carbons (Fsp3) is 0.500. The molecule has 1 atom stereocenters. The number of hydrogen-bond acceptors (Lipinski definition) is 4. The Labute approximate surface area is 143 Å². The first-order chi connectivity index (χ1) is 11.2. The molecule has 2 aromatic rings. The number of anilines is 1. The van der Waals surface area contributed by atoms with E-state index >= 15 is 0 Å². The molecule has 23 heavy (non-hydrogen) atoms. The van der Waals surface area contributed by atoms with Crippen molar-refractivity contribution >= 4 is 28.2 Å². The summed E-state index contributed by atoms with van der Waals surface area (Å²) in [7, 11) is 0. The van der Waals surface area contributed by atoms with Crippen LogP contribution in [-0.2, 0) is 0 Å². The van der Waals surface area contributed by atoms with Gasteiger partial charge < -0.3 is 15.3 Å². The molecule has 4 nitrogen and oxygen atoms in total. The Balaban J connectivity index is 1.93. The summed E-state index contributed by atoms with van der Waals surface area (Å²) in [5.41, 5.74) is 1.92. The normalized spacial score (nSPS) is 12.7. The predicted molar refractivity (Wildman–Crippen MR) is 98.3 cm³/mol. The maximum Gasteiger partial charge on any atom is 0.0908 e. The first-order valence-electron chi connectivity index (χ1n) is 8.28. The molecule has 0 spiro atoms. The van der Waals surface area contributed by atoms with Gasteiger partial charge in [-0.05, 0) is 45.0 Å². The minimum absolute atomic E-state index is 0.228. The molecule has 0 fully saturated rings. The largest absolute Gasteiger partial charge is 0.395 e. The highest BCUT2D eigenvalue weighted by atomic mass is 35.5. The van der Waals surface area contributed by atoms with Crippen molar-refractivity contribution in [2.24, 2.45) is 0 Å².